The van der Waals surface area contributed by atoms with Crippen molar-refractivity contribution in [3.8, 4) is 0 Å². The number of hydrogen-bond acceptors (Lipinski definition) is 2. The summed E-state index contributed by atoms with van der Waals surface area (Å²) >= 11 is 0. The van der Waals surface area contributed by atoms with Crippen molar-refractivity contribution >= 4 is 0 Å². The van der Waals surface area contributed by atoms with Crippen molar-refractivity contribution < 1.29 is 6.15 Å². The molecule has 2 rings (SSSR count). The van der Waals surface area contributed by atoms with Crippen LogP contribution in [0.5, 0.6) is 0 Å². The minimum Gasteiger partial charge on any atom is -0.299 e. The van der Waals surface area contributed by atoms with Crippen LogP contribution >= 0.6 is 0 Å². The van der Waals surface area contributed by atoms with Gasteiger partial charge in [0.1, 0.15) is 0 Å². The molecule has 1 saturated heterocycles. The van der Waals surface area contributed by atoms with E-state index in [-0.39, 0.29) is 6.15 Å². The van der Waals surface area contributed by atoms with E-state index in [1.165, 1.54) is 24.9 Å². The molecule has 2 nitrogen and oxygen atoms in total. The number of likely N-dealkylation sites (tertiary alicyclic amines) is 1. The van der Waals surface area contributed by atoms with Crippen molar-refractivity contribution in [1.29, 1.82) is 0 Å². The largest absolute Gasteiger partial charge is 0.299 e. The zero-order valence-corrected chi connectivity index (χ0v) is 8.11. The van der Waals surface area contributed by atoms with Crippen LogP contribution in [0, 0.1) is 6.15 Å². The molecule has 1 aliphatic heterocycles. The van der Waals surface area contributed by atoms with Crippen molar-refractivity contribution in [3.63, 3.8) is 0 Å². The van der Waals surface area contributed by atoms with Crippen molar-refractivity contribution in [2.24, 2.45) is 0 Å². The van der Waals surface area contributed by atoms with E-state index < -0.39 is 0 Å². The average molecular weight is 166 g/mol. The smallest absolute Gasteiger partial charge is 0.0360 e. The van der Waals surface area contributed by atoms with Crippen LogP contribution in [0.3, 0.4) is 0 Å². The second-order valence-corrected chi connectivity index (χ2v) is 3.42. The first-order valence-electron chi connectivity index (χ1n) is 4.48. The molecule has 13 heavy (non-hydrogen) atoms. The first-order chi connectivity index (χ1) is 5.88. The fraction of sp³-hybridized carbons (Fsp3) is 0.500. The van der Waals surface area contributed by atoms with Gasteiger partial charge in [-0.15, -0.1) is 0 Å². The van der Waals surface area contributed by atoms with E-state index in [0.717, 1.165) is 0 Å². The number of pyridine rings is 1. The van der Waals surface area contributed by atoms with Gasteiger partial charge in [-0.05, 0) is 38.1 Å². The summed E-state index contributed by atoms with van der Waals surface area (Å²) in [6.45, 7) is 1.22. The molecule has 0 aliphatic carbocycles. The normalized spacial score (nSPS) is 22.7. The van der Waals surface area contributed by atoms with Crippen molar-refractivity contribution in [2.45, 2.75) is 18.9 Å². The molecule has 1 aromatic rings. The SMILES string of the molecule is CN1CCCC1c1cccnc1.[He]. The minimum absolute atomic E-state index is 0. The summed E-state index contributed by atoms with van der Waals surface area (Å²) in [6.07, 6.45) is 6.41. The Hall–Kier alpha value is -0.981. The third kappa shape index (κ3) is 2.03. The van der Waals surface area contributed by atoms with Gasteiger partial charge in [0.25, 0.3) is 0 Å². The van der Waals surface area contributed by atoms with Gasteiger partial charge in [-0.3, -0.25) is 9.88 Å². The Bertz CT molecular complexity index is 250. The zero-order valence-electron chi connectivity index (χ0n) is 8.11. The molecule has 3 heteroatoms. The molecule has 1 aromatic heterocycles. The predicted octanol–water partition coefficient (Wildman–Crippen LogP) is 1.85. The van der Waals surface area contributed by atoms with Gasteiger partial charge < -0.3 is 0 Å². The fourth-order valence-electron chi connectivity index (χ4n) is 1.90. The second kappa shape index (κ2) is 4.31. The Morgan fingerprint density at radius 1 is 1.54 bits per heavy atom. The van der Waals surface area contributed by atoms with E-state index in [1.807, 2.05) is 18.5 Å². The maximum atomic E-state index is 4.14. The third-order valence-electron chi connectivity index (χ3n) is 2.59. The van der Waals surface area contributed by atoms with Crippen molar-refractivity contribution in [3.05, 3.63) is 30.1 Å². The number of rotatable bonds is 1. The summed E-state index contributed by atoms with van der Waals surface area (Å²) in [6, 6.07) is 4.79. The molecule has 66 valence electrons. The van der Waals surface area contributed by atoms with Gasteiger partial charge in [0.2, 0.25) is 0 Å². The third-order valence-corrected chi connectivity index (χ3v) is 2.59. The molecule has 2 heterocycles. The van der Waals surface area contributed by atoms with Crippen molar-refractivity contribution in [1.82, 2.24) is 9.88 Å². The number of nitrogens with zero attached hydrogens (tertiary/aromatic N) is 2. The molecule has 0 spiro atoms. The second-order valence-electron chi connectivity index (χ2n) is 3.42. The number of aromatic nitrogens is 1. The molecule has 1 unspecified atom stereocenters. The molecule has 0 radical (unpaired) electrons. The zero-order chi connectivity index (χ0) is 8.39. The molecule has 1 fully saturated rings. The molecule has 0 aromatic carbocycles. The Balaban J connectivity index is 0.000000845. The van der Waals surface area contributed by atoms with E-state index in [1.54, 1.807) is 0 Å². The van der Waals surface area contributed by atoms with Crippen LogP contribution in [0.1, 0.15) is 24.4 Å². The van der Waals surface area contributed by atoms with Crippen LogP contribution in [0.25, 0.3) is 0 Å². The Morgan fingerprint density at radius 2 is 2.38 bits per heavy atom. The predicted molar refractivity (Wildman–Crippen MR) is 48.8 cm³/mol. The van der Waals surface area contributed by atoms with Crippen LogP contribution < -0.4 is 0 Å². The first kappa shape index (κ1) is 10.1. The molecule has 0 amide bonds. The summed E-state index contributed by atoms with van der Waals surface area (Å²) in [5.41, 5.74) is 1.36. The number of hydrogen-bond donors (Lipinski definition) is 0. The monoisotopic (exact) mass is 166 g/mol. The van der Waals surface area contributed by atoms with Gasteiger partial charge in [-0.2, -0.15) is 0 Å². The van der Waals surface area contributed by atoms with Crippen LogP contribution in [0.15, 0.2) is 24.5 Å². The standard InChI is InChI=1S/C10H14N2.He/c1-12-7-3-5-10(12)9-4-2-6-11-8-9;/h2,4,6,8,10H,3,5,7H2,1H3;. The molecule has 0 N–H and O–H groups in total. The Kier molecular flexibility index (Phi) is 3.35. The van der Waals surface area contributed by atoms with Crippen LogP contribution in [-0.2, 0) is 0 Å². The fourth-order valence-corrected chi connectivity index (χ4v) is 1.90. The molecular formula is C10H14HeN2. The Labute approximate surface area is 79.4 Å². The minimum atomic E-state index is 0. The van der Waals surface area contributed by atoms with Crippen molar-refractivity contribution in [2.75, 3.05) is 13.6 Å². The molecule has 1 atom stereocenters. The maximum absolute atomic E-state index is 4.14. The van der Waals surface area contributed by atoms with Crippen LogP contribution in [0.4, 0.5) is 0 Å². The molecule has 0 bridgehead atoms. The van der Waals surface area contributed by atoms with Gasteiger partial charge in [-0.25, -0.2) is 0 Å². The van der Waals surface area contributed by atoms with Crippen LogP contribution in [-0.4, -0.2) is 23.5 Å². The van der Waals surface area contributed by atoms with Gasteiger partial charge in [0.15, 0.2) is 0 Å². The van der Waals surface area contributed by atoms with E-state index in [2.05, 4.69) is 23.0 Å². The van der Waals surface area contributed by atoms with E-state index in [0.29, 0.717) is 6.04 Å². The quantitative estimate of drug-likeness (QED) is 0.633. The summed E-state index contributed by atoms with van der Waals surface area (Å²) in [4.78, 5) is 6.54. The Morgan fingerprint density at radius 3 is 2.92 bits per heavy atom. The maximum Gasteiger partial charge on any atom is 0.0360 e. The van der Waals surface area contributed by atoms with E-state index >= 15 is 0 Å². The van der Waals surface area contributed by atoms with Gasteiger partial charge in [0.05, 0.1) is 0 Å². The van der Waals surface area contributed by atoms with Crippen LogP contribution in [0.2, 0.25) is 0 Å². The first-order valence-corrected chi connectivity index (χ1v) is 4.48. The topological polar surface area (TPSA) is 16.1 Å². The van der Waals surface area contributed by atoms with E-state index in [9.17, 15) is 0 Å². The van der Waals surface area contributed by atoms with Gasteiger partial charge in [-0.1, -0.05) is 6.07 Å². The molecule has 1 aliphatic rings. The summed E-state index contributed by atoms with van der Waals surface area (Å²) in [5, 5.41) is 0. The molecular weight excluding hydrogens is 152 g/mol. The summed E-state index contributed by atoms with van der Waals surface area (Å²) in [7, 11) is 2.19. The van der Waals surface area contributed by atoms with E-state index in [4.69, 9.17) is 0 Å². The van der Waals surface area contributed by atoms with Gasteiger partial charge in [0, 0.05) is 24.6 Å². The summed E-state index contributed by atoms with van der Waals surface area (Å²) < 4.78 is 0. The van der Waals surface area contributed by atoms with Gasteiger partial charge >= 0.3 is 0 Å². The molecule has 0 saturated carbocycles. The average Bonchev–Trinajstić information content (AvgIpc) is 2.53. The summed E-state index contributed by atoms with van der Waals surface area (Å²) in [5.74, 6) is 0.